The Morgan fingerprint density at radius 3 is 2.24 bits per heavy atom. The zero-order valence-electron chi connectivity index (χ0n) is 11.2. The molecule has 1 amide bonds. The topological polar surface area (TPSA) is 46.3 Å². The Bertz CT molecular complexity index is 651. The number of nitrogens with two attached hydrogens (primary N) is 1. The van der Waals surface area contributed by atoms with E-state index in [1.807, 2.05) is 24.3 Å². The van der Waals surface area contributed by atoms with Crippen molar-refractivity contribution in [2.75, 3.05) is 12.8 Å². The maximum absolute atomic E-state index is 13.4. The minimum atomic E-state index is -0.935. The van der Waals surface area contributed by atoms with Gasteiger partial charge in [0, 0.05) is 23.6 Å². The number of carbonyl (C=O) groups is 1. The quantitative estimate of drug-likeness (QED) is 0.856. The second-order valence-corrected chi connectivity index (χ2v) is 5.56. The van der Waals surface area contributed by atoms with Crippen molar-refractivity contribution in [3.8, 4) is 0 Å². The molecule has 0 aliphatic rings. The smallest absolute Gasteiger partial charge is 0.254 e. The molecule has 0 unspecified atom stereocenters. The standard InChI is InChI=1S/C15H13BrF2N2O/c1-20(8-9-2-4-11(16)5-3-9)15(21)10-6-12(17)14(19)13(18)7-10/h2-7H,8,19H2,1H3. The summed E-state index contributed by atoms with van der Waals surface area (Å²) in [4.78, 5) is 13.6. The number of nitrogen functional groups attached to an aromatic ring is 1. The van der Waals surface area contributed by atoms with Crippen LogP contribution in [0.2, 0.25) is 0 Å². The molecular weight excluding hydrogens is 342 g/mol. The molecule has 2 rings (SSSR count). The van der Waals surface area contributed by atoms with Gasteiger partial charge in [-0.15, -0.1) is 0 Å². The minimum absolute atomic E-state index is 0.0705. The maximum atomic E-state index is 13.4. The van der Waals surface area contributed by atoms with Crippen LogP contribution in [0.15, 0.2) is 40.9 Å². The molecule has 21 heavy (non-hydrogen) atoms. The molecule has 0 bridgehead atoms. The van der Waals surface area contributed by atoms with Crippen LogP contribution < -0.4 is 5.73 Å². The van der Waals surface area contributed by atoms with Crippen molar-refractivity contribution in [1.29, 1.82) is 0 Å². The molecule has 0 heterocycles. The Balaban J connectivity index is 2.17. The van der Waals surface area contributed by atoms with Crippen molar-refractivity contribution in [2.24, 2.45) is 0 Å². The summed E-state index contributed by atoms with van der Waals surface area (Å²) < 4.78 is 27.7. The zero-order chi connectivity index (χ0) is 15.6. The van der Waals surface area contributed by atoms with Gasteiger partial charge in [0.2, 0.25) is 0 Å². The average Bonchev–Trinajstić information content (AvgIpc) is 2.45. The average molecular weight is 355 g/mol. The fourth-order valence-corrected chi connectivity index (χ4v) is 2.13. The lowest BCUT2D eigenvalue weighted by molar-refractivity contribution is 0.0784. The van der Waals surface area contributed by atoms with Crippen molar-refractivity contribution in [2.45, 2.75) is 6.54 Å². The predicted octanol–water partition coefficient (Wildman–Crippen LogP) is 3.58. The summed E-state index contributed by atoms with van der Waals surface area (Å²) in [6.07, 6.45) is 0. The normalized spacial score (nSPS) is 10.5. The molecule has 0 aliphatic heterocycles. The second-order valence-electron chi connectivity index (χ2n) is 4.64. The molecule has 0 fully saturated rings. The Hall–Kier alpha value is -1.95. The van der Waals surface area contributed by atoms with Crippen LogP contribution in [0.5, 0.6) is 0 Å². The molecule has 0 radical (unpaired) electrons. The van der Waals surface area contributed by atoms with Crippen LogP contribution >= 0.6 is 15.9 Å². The Morgan fingerprint density at radius 1 is 1.19 bits per heavy atom. The molecule has 6 heteroatoms. The maximum Gasteiger partial charge on any atom is 0.254 e. The third-order valence-electron chi connectivity index (χ3n) is 3.01. The van der Waals surface area contributed by atoms with E-state index in [1.54, 1.807) is 7.05 Å². The van der Waals surface area contributed by atoms with E-state index in [0.717, 1.165) is 22.2 Å². The first-order valence-electron chi connectivity index (χ1n) is 6.13. The van der Waals surface area contributed by atoms with E-state index >= 15 is 0 Å². The van der Waals surface area contributed by atoms with Crippen LogP contribution in [0.1, 0.15) is 15.9 Å². The van der Waals surface area contributed by atoms with E-state index in [4.69, 9.17) is 5.73 Å². The highest BCUT2D eigenvalue weighted by Gasteiger charge is 2.16. The fraction of sp³-hybridized carbons (Fsp3) is 0.133. The molecule has 0 aliphatic carbocycles. The highest BCUT2D eigenvalue weighted by molar-refractivity contribution is 9.10. The number of carbonyl (C=O) groups excluding carboxylic acids is 1. The van der Waals surface area contributed by atoms with Gasteiger partial charge < -0.3 is 10.6 Å². The fourth-order valence-electron chi connectivity index (χ4n) is 1.86. The van der Waals surface area contributed by atoms with Crippen molar-refractivity contribution in [3.63, 3.8) is 0 Å². The molecule has 2 N–H and O–H groups in total. The Morgan fingerprint density at radius 2 is 1.71 bits per heavy atom. The largest absolute Gasteiger partial charge is 0.394 e. The molecule has 0 spiro atoms. The van der Waals surface area contributed by atoms with Gasteiger partial charge in [0.05, 0.1) is 0 Å². The molecule has 0 aromatic heterocycles. The molecular formula is C15H13BrF2N2O. The summed E-state index contributed by atoms with van der Waals surface area (Å²) in [6, 6.07) is 9.32. The van der Waals surface area contributed by atoms with E-state index in [1.165, 1.54) is 4.90 Å². The van der Waals surface area contributed by atoms with Crippen molar-refractivity contribution >= 4 is 27.5 Å². The molecule has 0 saturated carbocycles. The third kappa shape index (κ3) is 3.58. The summed E-state index contributed by atoms with van der Waals surface area (Å²) in [6.45, 7) is 0.333. The molecule has 110 valence electrons. The van der Waals surface area contributed by atoms with E-state index in [0.29, 0.717) is 6.54 Å². The van der Waals surface area contributed by atoms with E-state index < -0.39 is 23.2 Å². The number of benzene rings is 2. The van der Waals surface area contributed by atoms with E-state index in [9.17, 15) is 13.6 Å². The summed E-state index contributed by atoms with van der Waals surface area (Å²) in [7, 11) is 1.57. The summed E-state index contributed by atoms with van der Waals surface area (Å²) in [5.41, 5.74) is 5.44. The number of nitrogens with zero attached hydrogens (tertiary/aromatic N) is 1. The van der Waals surface area contributed by atoms with Crippen LogP contribution in [0.4, 0.5) is 14.5 Å². The lowest BCUT2D eigenvalue weighted by Gasteiger charge is -2.18. The zero-order valence-corrected chi connectivity index (χ0v) is 12.8. The van der Waals surface area contributed by atoms with Gasteiger partial charge in [0.15, 0.2) is 0 Å². The first kappa shape index (κ1) is 15.4. The summed E-state index contributed by atoms with van der Waals surface area (Å²) >= 11 is 3.32. The van der Waals surface area contributed by atoms with Gasteiger partial charge in [-0.25, -0.2) is 8.78 Å². The minimum Gasteiger partial charge on any atom is -0.394 e. The summed E-state index contributed by atoms with van der Waals surface area (Å²) in [5.74, 6) is -2.35. The predicted molar refractivity (Wildman–Crippen MR) is 80.7 cm³/mol. The van der Waals surface area contributed by atoms with E-state index in [-0.39, 0.29) is 5.56 Å². The first-order valence-corrected chi connectivity index (χ1v) is 6.92. The van der Waals surface area contributed by atoms with Gasteiger partial charge in [-0.3, -0.25) is 4.79 Å². The van der Waals surface area contributed by atoms with Crippen LogP contribution in [-0.2, 0) is 6.54 Å². The lowest BCUT2D eigenvalue weighted by Crippen LogP contribution is -2.26. The highest BCUT2D eigenvalue weighted by atomic mass is 79.9. The number of halogens is 3. The third-order valence-corrected chi connectivity index (χ3v) is 3.53. The molecule has 2 aromatic carbocycles. The van der Waals surface area contributed by atoms with Gasteiger partial charge in [-0.05, 0) is 29.8 Å². The van der Waals surface area contributed by atoms with Gasteiger partial charge in [-0.2, -0.15) is 0 Å². The highest BCUT2D eigenvalue weighted by Crippen LogP contribution is 2.19. The van der Waals surface area contributed by atoms with Crippen molar-refractivity contribution < 1.29 is 13.6 Å². The number of anilines is 1. The number of amides is 1. The lowest BCUT2D eigenvalue weighted by atomic mass is 10.1. The van der Waals surface area contributed by atoms with Crippen LogP contribution in [0.3, 0.4) is 0 Å². The monoisotopic (exact) mass is 354 g/mol. The molecule has 2 aromatic rings. The Labute approximate surface area is 129 Å². The van der Waals surface area contributed by atoms with Crippen molar-refractivity contribution in [3.05, 3.63) is 63.6 Å². The van der Waals surface area contributed by atoms with Gasteiger partial charge in [0.25, 0.3) is 5.91 Å². The van der Waals surface area contributed by atoms with Gasteiger partial charge in [-0.1, -0.05) is 28.1 Å². The number of hydrogen-bond donors (Lipinski definition) is 1. The van der Waals surface area contributed by atoms with Gasteiger partial charge in [0.1, 0.15) is 17.3 Å². The molecule has 3 nitrogen and oxygen atoms in total. The second kappa shape index (κ2) is 6.22. The molecule has 0 atom stereocenters. The summed E-state index contributed by atoms with van der Waals surface area (Å²) in [5, 5.41) is 0. The SMILES string of the molecule is CN(Cc1ccc(Br)cc1)C(=O)c1cc(F)c(N)c(F)c1. The van der Waals surface area contributed by atoms with Crippen molar-refractivity contribution in [1.82, 2.24) is 4.90 Å². The number of rotatable bonds is 3. The van der Waals surface area contributed by atoms with Gasteiger partial charge >= 0.3 is 0 Å². The van der Waals surface area contributed by atoms with Crippen LogP contribution in [-0.4, -0.2) is 17.9 Å². The number of hydrogen-bond acceptors (Lipinski definition) is 2. The van der Waals surface area contributed by atoms with E-state index in [2.05, 4.69) is 15.9 Å². The first-order chi connectivity index (χ1) is 9.88. The van der Waals surface area contributed by atoms with Crippen LogP contribution in [0, 0.1) is 11.6 Å². The van der Waals surface area contributed by atoms with Crippen LogP contribution in [0.25, 0.3) is 0 Å². The Kier molecular flexibility index (Phi) is 4.57. The molecule has 0 saturated heterocycles.